The first-order valence-corrected chi connectivity index (χ1v) is 11.4. The minimum Gasteiger partial charge on any atom is -0.508 e. The highest BCUT2D eigenvalue weighted by molar-refractivity contribution is 8.16. The van der Waals surface area contributed by atoms with E-state index in [1.165, 1.54) is 29.3 Å². The van der Waals surface area contributed by atoms with E-state index in [2.05, 4.69) is 15.5 Å². The molecule has 0 aromatic heterocycles. The Morgan fingerprint density at radius 2 is 1.76 bits per heavy atom. The average Bonchev–Trinajstić information content (AvgIpc) is 3.12. The second-order valence-corrected chi connectivity index (χ2v) is 8.85. The lowest BCUT2D eigenvalue weighted by atomic mass is 10.2. The van der Waals surface area contributed by atoms with Crippen molar-refractivity contribution in [3.63, 3.8) is 0 Å². The molecule has 34 heavy (non-hydrogen) atoms. The summed E-state index contributed by atoms with van der Waals surface area (Å²) in [6.07, 6.45) is 1.30. The highest BCUT2D eigenvalue weighted by Crippen LogP contribution is 2.34. The molecule has 4 rings (SSSR count). The van der Waals surface area contributed by atoms with Gasteiger partial charge < -0.3 is 15.5 Å². The zero-order chi connectivity index (χ0) is 24.1. The monoisotopic (exact) mass is 494 g/mol. The predicted octanol–water partition coefficient (Wildman–Crippen LogP) is 4.62. The van der Waals surface area contributed by atoms with Crippen molar-refractivity contribution in [2.45, 2.75) is 11.7 Å². The van der Waals surface area contributed by atoms with Gasteiger partial charge in [-0.3, -0.25) is 14.5 Å². The van der Waals surface area contributed by atoms with Crippen LogP contribution in [-0.2, 0) is 9.59 Å². The van der Waals surface area contributed by atoms with Crippen molar-refractivity contribution >= 4 is 57.9 Å². The number of halogens is 1. The van der Waals surface area contributed by atoms with E-state index in [1.807, 2.05) is 0 Å². The Morgan fingerprint density at radius 3 is 2.47 bits per heavy atom. The van der Waals surface area contributed by atoms with E-state index >= 15 is 0 Å². The normalized spacial score (nSPS) is 17.0. The molecule has 0 aliphatic carbocycles. The predicted molar refractivity (Wildman–Crippen MR) is 135 cm³/mol. The van der Waals surface area contributed by atoms with Gasteiger partial charge in [0.25, 0.3) is 0 Å². The molecule has 1 aliphatic rings. The van der Waals surface area contributed by atoms with Crippen LogP contribution in [0.15, 0.2) is 83.0 Å². The highest BCUT2D eigenvalue weighted by atomic mass is 35.5. The number of carbonyl (C=O) groups excluding carboxylic acids is 2. The van der Waals surface area contributed by atoms with E-state index in [4.69, 9.17) is 11.6 Å². The van der Waals surface area contributed by atoms with Gasteiger partial charge in [-0.2, -0.15) is 5.10 Å². The molecule has 3 aromatic carbocycles. The van der Waals surface area contributed by atoms with Gasteiger partial charge in [-0.05, 0) is 60.7 Å². The van der Waals surface area contributed by atoms with Crippen LogP contribution in [0.2, 0.25) is 5.02 Å². The fourth-order valence-electron chi connectivity index (χ4n) is 3.16. The Labute approximate surface area is 204 Å². The summed E-state index contributed by atoms with van der Waals surface area (Å²) in [4.78, 5) is 27.1. The Balaban J connectivity index is 1.55. The number of thioether (sulfide) groups is 1. The molecule has 1 aliphatic heterocycles. The molecular weight excluding hydrogens is 476 g/mol. The molecule has 10 heteroatoms. The maximum Gasteiger partial charge on any atom is 0.247 e. The minimum atomic E-state index is -0.722. The summed E-state index contributed by atoms with van der Waals surface area (Å²) in [7, 11) is 0. The van der Waals surface area contributed by atoms with Crippen molar-refractivity contribution in [3.8, 4) is 11.5 Å². The maximum atomic E-state index is 13.2. The van der Waals surface area contributed by atoms with E-state index < -0.39 is 5.25 Å². The number of hydrogen-bond donors (Lipinski definition) is 3. The molecule has 1 fully saturated rings. The molecular formula is C24H19ClN4O4S. The summed E-state index contributed by atoms with van der Waals surface area (Å²) in [5.41, 5.74) is 1.52. The van der Waals surface area contributed by atoms with Crippen molar-refractivity contribution in [1.29, 1.82) is 0 Å². The molecule has 8 nitrogen and oxygen atoms in total. The number of para-hydroxylation sites is 1. The van der Waals surface area contributed by atoms with E-state index in [-0.39, 0.29) is 34.9 Å². The van der Waals surface area contributed by atoms with Gasteiger partial charge in [-0.25, -0.2) is 0 Å². The Morgan fingerprint density at radius 1 is 1.06 bits per heavy atom. The molecule has 0 bridgehead atoms. The van der Waals surface area contributed by atoms with Crippen LogP contribution in [0.3, 0.4) is 0 Å². The number of nitrogens with one attached hydrogen (secondary N) is 1. The molecule has 172 valence electrons. The van der Waals surface area contributed by atoms with Gasteiger partial charge in [-0.1, -0.05) is 35.5 Å². The van der Waals surface area contributed by atoms with Crippen molar-refractivity contribution in [1.82, 2.24) is 0 Å². The van der Waals surface area contributed by atoms with E-state index in [9.17, 15) is 19.8 Å². The minimum absolute atomic E-state index is 0.0498. The van der Waals surface area contributed by atoms with Gasteiger partial charge in [-0.15, -0.1) is 5.10 Å². The third kappa shape index (κ3) is 5.56. The number of anilines is 2. The number of rotatable bonds is 6. The van der Waals surface area contributed by atoms with E-state index in [1.54, 1.807) is 54.6 Å². The first-order valence-electron chi connectivity index (χ1n) is 10.1. The third-order valence-electron chi connectivity index (χ3n) is 4.82. The smallest absolute Gasteiger partial charge is 0.247 e. The van der Waals surface area contributed by atoms with Crippen LogP contribution in [0.5, 0.6) is 11.5 Å². The molecule has 0 saturated carbocycles. The number of hydrogen-bond acceptors (Lipinski definition) is 7. The number of amides is 2. The van der Waals surface area contributed by atoms with Gasteiger partial charge in [0.15, 0.2) is 5.17 Å². The Hall–Kier alpha value is -3.82. The van der Waals surface area contributed by atoms with Crippen LogP contribution >= 0.6 is 23.4 Å². The molecule has 1 atom stereocenters. The first kappa shape index (κ1) is 23.3. The second-order valence-electron chi connectivity index (χ2n) is 7.24. The second kappa shape index (κ2) is 10.4. The number of nitrogens with zero attached hydrogens (tertiary/aromatic N) is 3. The summed E-state index contributed by atoms with van der Waals surface area (Å²) in [6, 6.07) is 19.4. The van der Waals surface area contributed by atoms with Crippen molar-refractivity contribution in [2.75, 3.05) is 10.2 Å². The molecule has 1 unspecified atom stereocenters. The summed E-state index contributed by atoms with van der Waals surface area (Å²) >= 11 is 6.99. The number of aromatic hydroxyl groups is 2. The van der Waals surface area contributed by atoms with Crippen molar-refractivity contribution < 1.29 is 19.8 Å². The van der Waals surface area contributed by atoms with E-state index in [0.717, 1.165) is 11.8 Å². The third-order valence-corrected chi connectivity index (χ3v) is 6.20. The van der Waals surface area contributed by atoms with Crippen LogP contribution in [0.4, 0.5) is 11.4 Å². The molecule has 0 spiro atoms. The number of phenols is 2. The van der Waals surface area contributed by atoms with E-state index in [0.29, 0.717) is 22.0 Å². The maximum absolute atomic E-state index is 13.2. The van der Waals surface area contributed by atoms with Crippen LogP contribution in [-0.4, -0.2) is 38.7 Å². The first-order chi connectivity index (χ1) is 16.4. The standard InChI is InChI=1S/C24H19ClN4O4S/c25-16-5-7-17(8-6-16)27-22(32)13-21-23(33)29(18-9-11-19(30)12-10-18)24(34-21)28-26-14-15-3-1-2-4-20(15)31/h1-12,14,21,30-31H,13H2,(H,27,32)/b26-14+,28-24+. The summed E-state index contributed by atoms with van der Waals surface area (Å²) in [6.45, 7) is 0. The molecule has 0 radical (unpaired) electrons. The zero-order valence-corrected chi connectivity index (χ0v) is 19.2. The summed E-state index contributed by atoms with van der Waals surface area (Å²) in [5, 5.41) is 30.6. The fraction of sp³-hybridized carbons (Fsp3) is 0.0833. The Kier molecular flexibility index (Phi) is 7.15. The van der Waals surface area contributed by atoms with Crippen molar-refractivity contribution in [3.05, 3.63) is 83.4 Å². The highest BCUT2D eigenvalue weighted by Gasteiger charge is 2.40. The van der Waals surface area contributed by atoms with Crippen LogP contribution < -0.4 is 10.2 Å². The quantitative estimate of drug-likeness (QED) is 0.342. The number of amidine groups is 1. The number of carbonyl (C=O) groups is 2. The summed E-state index contributed by atoms with van der Waals surface area (Å²) < 4.78 is 0. The lowest BCUT2D eigenvalue weighted by Crippen LogP contribution is -2.33. The van der Waals surface area contributed by atoms with Gasteiger partial charge >= 0.3 is 0 Å². The van der Waals surface area contributed by atoms with Gasteiger partial charge in [0.2, 0.25) is 11.8 Å². The SMILES string of the molecule is O=C(CC1S/C(=N/N=C/c2ccccc2O)N(c2ccc(O)cc2)C1=O)Nc1ccc(Cl)cc1. The van der Waals surface area contributed by atoms with Gasteiger partial charge in [0.05, 0.1) is 11.9 Å². The molecule has 1 saturated heterocycles. The van der Waals surface area contributed by atoms with Crippen LogP contribution in [0.25, 0.3) is 0 Å². The number of phenolic OH excluding ortho intramolecular Hbond substituents is 2. The zero-order valence-electron chi connectivity index (χ0n) is 17.6. The largest absolute Gasteiger partial charge is 0.508 e. The lowest BCUT2D eigenvalue weighted by molar-refractivity contribution is -0.121. The fourth-order valence-corrected chi connectivity index (χ4v) is 4.37. The number of benzene rings is 3. The summed E-state index contributed by atoms with van der Waals surface area (Å²) in [5.74, 6) is -0.567. The molecule has 3 N–H and O–H groups in total. The van der Waals surface area contributed by atoms with Crippen LogP contribution in [0, 0.1) is 0 Å². The van der Waals surface area contributed by atoms with Gasteiger partial charge in [0.1, 0.15) is 16.7 Å². The van der Waals surface area contributed by atoms with Crippen molar-refractivity contribution in [2.24, 2.45) is 10.2 Å². The Bertz CT molecular complexity index is 1260. The molecule has 3 aromatic rings. The topological polar surface area (TPSA) is 115 Å². The molecule has 2 amide bonds. The average molecular weight is 495 g/mol. The molecule has 1 heterocycles. The lowest BCUT2D eigenvalue weighted by Gasteiger charge is -2.16. The van der Waals surface area contributed by atoms with Gasteiger partial charge in [0, 0.05) is 22.7 Å². The van der Waals surface area contributed by atoms with Crippen LogP contribution in [0.1, 0.15) is 12.0 Å².